The van der Waals surface area contributed by atoms with E-state index in [-0.39, 0.29) is 5.91 Å². The highest BCUT2D eigenvalue weighted by Gasteiger charge is 2.24. The lowest BCUT2D eigenvalue weighted by atomic mass is 10.1. The molecule has 0 spiro atoms. The van der Waals surface area contributed by atoms with Gasteiger partial charge < -0.3 is 14.3 Å². The van der Waals surface area contributed by atoms with Crippen molar-refractivity contribution in [1.82, 2.24) is 24.8 Å². The van der Waals surface area contributed by atoms with Crippen LogP contribution in [0.3, 0.4) is 0 Å². The third kappa shape index (κ3) is 3.76. The number of amides is 1. The number of nitrogens with zero attached hydrogens (tertiary/aromatic N) is 6. The van der Waals surface area contributed by atoms with Crippen molar-refractivity contribution in [1.29, 1.82) is 0 Å². The normalized spacial score (nSPS) is 14.9. The number of aryl methyl sites for hydroxylation is 1. The zero-order chi connectivity index (χ0) is 19.3. The molecule has 4 rings (SSSR count). The van der Waals surface area contributed by atoms with E-state index in [0.29, 0.717) is 37.0 Å². The Morgan fingerprint density at radius 3 is 2.86 bits per heavy atom. The van der Waals surface area contributed by atoms with Gasteiger partial charge in [0.15, 0.2) is 0 Å². The predicted molar refractivity (Wildman–Crippen MR) is 105 cm³/mol. The van der Waals surface area contributed by atoms with Crippen molar-refractivity contribution in [3.8, 4) is 5.69 Å². The molecule has 0 saturated carbocycles. The van der Waals surface area contributed by atoms with E-state index in [2.05, 4.69) is 27.1 Å². The van der Waals surface area contributed by atoms with Crippen LogP contribution in [0.1, 0.15) is 36.0 Å². The first-order valence-electron chi connectivity index (χ1n) is 9.72. The monoisotopic (exact) mass is 380 g/mol. The average Bonchev–Trinajstić information content (AvgIpc) is 3.36. The van der Waals surface area contributed by atoms with E-state index in [0.717, 1.165) is 31.5 Å². The first-order valence-corrected chi connectivity index (χ1v) is 9.72. The lowest BCUT2D eigenvalue weighted by Gasteiger charge is -2.22. The fourth-order valence-electron chi connectivity index (χ4n) is 3.45. The van der Waals surface area contributed by atoms with Crippen molar-refractivity contribution in [3.05, 3.63) is 54.2 Å². The van der Waals surface area contributed by atoms with E-state index in [1.807, 2.05) is 41.4 Å². The molecule has 1 aliphatic heterocycles. The molecule has 0 atom stereocenters. The van der Waals surface area contributed by atoms with Crippen LogP contribution in [-0.2, 0) is 6.42 Å². The van der Waals surface area contributed by atoms with Crippen LogP contribution in [0, 0.1) is 0 Å². The largest absolute Gasteiger partial charge is 0.337 e. The summed E-state index contributed by atoms with van der Waals surface area (Å²) in [6.07, 6.45) is 6.17. The number of carbonyl (C=O) groups excluding carboxylic acids is 1. The summed E-state index contributed by atoms with van der Waals surface area (Å²) in [5, 5.41) is 8.37. The molecule has 146 valence electrons. The smallest absolute Gasteiger partial charge is 0.266 e. The van der Waals surface area contributed by atoms with E-state index < -0.39 is 0 Å². The fraction of sp³-hybridized carbons (Fsp3) is 0.400. The van der Waals surface area contributed by atoms with E-state index in [4.69, 9.17) is 4.52 Å². The van der Waals surface area contributed by atoms with Crippen molar-refractivity contribution < 1.29 is 9.32 Å². The Labute approximate surface area is 163 Å². The molecule has 1 fully saturated rings. The molecule has 1 amide bonds. The SMILES string of the molecule is CCCc1nc(N2CCCN(C(=O)c3ccccc3-n3cccn3)CC2)no1. The second-order valence-electron chi connectivity index (χ2n) is 6.84. The maximum Gasteiger partial charge on any atom is 0.266 e. The molecule has 0 bridgehead atoms. The number of carbonyl (C=O) groups is 1. The van der Waals surface area contributed by atoms with Gasteiger partial charge in [0.1, 0.15) is 0 Å². The third-order valence-corrected chi connectivity index (χ3v) is 4.87. The molecule has 1 aliphatic rings. The summed E-state index contributed by atoms with van der Waals surface area (Å²) in [5.74, 6) is 1.31. The predicted octanol–water partition coefficient (Wildman–Crippen LogP) is 2.56. The minimum Gasteiger partial charge on any atom is -0.337 e. The van der Waals surface area contributed by atoms with Crippen LogP contribution < -0.4 is 4.90 Å². The zero-order valence-corrected chi connectivity index (χ0v) is 16.0. The molecule has 3 heterocycles. The molecule has 0 aliphatic carbocycles. The molecular formula is C20H24N6O2. The number of hydrogen-bond acceptors (Lipinski definition) is 6. The number of anilines is 1. The highest BCUT2D eigenvalue weighted by atomic mass is 16.5. The first kappa shape index (κ1) is 18.2. The van der Waals surface area contributed by atoms with Gasteiger partial charge in [-0.25, -0.2) is 4.68 Å². The Bertz CT molecular complexity index is 920. The first-order chi connectivity index (χ1) is 13.8. The van der Waals surface area contributed by atoms with Gasteiger partial charge in [-0.05, 0) is 36.2 Å². The van der Waals surface area contributed by atoms with Gasteiger partial charge in [0.2, 0.25) is 5.89 Å². The molecule has 0 radical (unpaired) electrons. The highest BCUT2D eigenvalue weighted by Crippen LogP contribution is 2.19. The van der Waals surface area contributed by atoms with Gasteiger partial charge in [-0.2, -0.15) is 10.1 Å². The Hall–Kier alpha value is -3.16. The van der Waals surface area contributed by atoms with Crippen LogP contribution in [0.15, 0.2) is 47.2 Å². The van der Waals surface area contributed by atoms with Gasteiger partial charge in [-0.1, -0.05) is 19.1 Å². The molecule has 3 aromatic rings. The van der Waals surface area contributed by atoms with Crippen molar-refractivity contribution in [2.24, 2.45) is 0 Å². The second kappa shape index (κ2) is 8.24. The fourth-order valence-corrected chi connectivity index (χ4v) is 3.45. The highest BCUT2D eigenvalue weighted by molar-refractivity contribution is 5.97. The van der Waals surface area contributed by atoms with Gasteiger partial charge in [0, 0.05) is 45.0 Å². The second-order valence-corrected chi connectivity index (χ2v) is 6.84. The number of aromatic nitrogens is 4. The Morgan fingerprint density at radius 1 is 1.14 bits per heavy atom. The zero-order valence-electron chi connectivity index (χ0n) is 16.0. The third-order valence-electron chi connectivity index (χ3n) is 4.87. The molecule has 0 N–H and O–H groups in total. The summed E-state index contributed by atoms with van der Waals surface area (Å²) in [5.41, 5.74) is 1.45. The molecule has 0 unspecified atom stereocenters. The van der Waals surface area contributed by atoms with Crippen molar-refractivity contribution in [2.75, 3.05) is 31.1 Å². The average molecular weight is 380 g/mol. The minimum atomic E-state index is 0.0211. The van der Waals surface area contributed by atoms with Crippen LogP contribution in [0.4, 0.5) is 5.95 Å². The van der Waals surface area contributed by atoms with Crippen molar-refractivity contribution in [2.45, 2.75) is 26.2 Å². The Kier molecular flexibility index (Phi) is 5.36. The number of rotatable bonds is 5. The molecule has 8 nitrogen and oxygen atoms in total. The molecule has 2 aromatic heterocycles. The van der Waals surface area contributed by atoms with Crippen LogP contribution in [0.5, 0.6) is 0 Å². The maximum absolute atomic E-state index is 13.2. The molecular weight excluding hydrogens is 356 g/mol. The number of para-hydroxylation sites is 1. The van der Waals surface area contributed by atoms with Crippen LogP contribution in [0.2, 0.25) is 0 Å². The minimum absolute atomic E-state index is 0.0211. The Balaban J connectivity index is 1.48. The number of benzene rings is 1. The number of hydrogen-bond donors (Lipinski definition) is 0. The standard InChI is InChI=1S/C20H24N6O2/c1-2-7-18-22-20(23-28-18)25-12-6-11-24(14-15-25)19(27)16-8-3-4-9-17(16)26-13-5-10-21-26/h3-5,8-10,13H,2,6-7,11-12,14-15H2,1H3. The summed E-state index contributed by atoms with van der Waals surface area (Å²) in [6, 6.07) is 9.43. The topological polar surface area (TPSA) is 80.3 Å². The summed E-state index contributed by atoms with van der Waals surface area (Å²) >= 11 is 0. The van der Waals surface area contributed by atoms with Crippen molar-refractivity contribution in [3.63, 3.8) is 0 Å². The molecule has 28 heavy (non-hydrogen) atoms. The van der Waals surface area contributed by atoms with Gasteiger partial charge in [0.05, 0.1) is 11.3 Å². The molecule has 8 heteroatoms. The van der Waals surface area contributed by atoms with E-state index in [9.17, 15) is 4.79 Å². The van der Waals surface area contributed by atoms with Crippen LogP contribution in [0.25, 0.3) is 5.69 Å². The summed E-state index contributed by atoms with van der Waals surface area (Å²) in [7, 11) is 0. The summed E-state index contributed by atoms with van der Waals surface area (Å²) in [6.45, 7) is 4.88. The van der Waals surface area contributed by atoms with Crippen LogP contribution in [-0.4, -0.2) is 56.9 Å². The molecule has 1 saturated heterocycles. The van der Waals surface area contributed by atoms with E-state index >= 15 is 0 Å². The van der Waals surface area contributed by atoms with Gasteiger partial charge in [-0.15, -0.1) is 0 Å². The van der Waals surface area contributed by atoms with Crippen molar-refractivity contribution >= 4 is 11.9 Å². The molecule has 1 aromatic carbocycles. The van der Waals surface area contributed by atoms with Gasteiger partial charge >= 0.3 is 0 Å². The quantitative estimate of drug-likeness (QED) is 0.677. The van der Waals surface area contributed by atoms with Gasteiger partial charge in [-0.3, -0.25) is 4.79 Å². The van der Waals surface area contributed by atoms with E-state index in [1.54, 1.807) is 10.9 Å². The maximum atomic E-state index is 13.2. The van der Waals surface area contributed by atoms with Gasteiger partial charge in [0.25, 0.3) is 11.9 Å². The van der Waals surface area contributed by atoms with Crippen LogP contribution >= 0.6 is 0 Å². The summed E-state index contributed by atoms with van der Waals surface area (Å²) < 4.78 is 7.03. The lowest BCUT2D eigenvalue weighted by Crippen LogP contribution is -2.36. The van der Waals surface area contributed by atoms with E-state index in [1.165, 1.54) is 0 Å². The lowest BCUT2D eigenvalue weighted by molar-refractivity contribution is 0.0767. The Morgan fingerprint density at radius 2 is 2.04 bits per heavy atom. The summed E-state index contributed by atoms with van der Waals surface area (Å²) in [4.78, 5) is 21.7.